The summed E-state index contributed by atoms with van der Waals surface area (Å²) in [7, 11) is 14.8. The molecule has 4 heteroatoms. The van der Waals surface area contributed by atoms with Crippen molar-refractivity contribution in [3.05, 3.63) is 106 Å². The summed E-state index contributed by atoms with van der Waals surface area (Å²) in [4.78, 5) is 0. The van der Waals surface area contributed by atoms with Crippen molar-refractivity contribution in [1.82, 2.24) is 0 Å². The van der Waals surface area contributed by atoms with Crippen molar-refractivity contribution < 1.29 is 17.9 Å². The Hall–Kier alpha value is -1.70. The Kier molecular flexibility index (Phi) is 6.12. The predicted octanol–water partition coefficient (Wildman–Crippen LogP) is 6.93. The molecule has 1 heterocycles. The maximum absolute atomic E-state index is 7.69. The molecule has 0 amide bonds. The van der Waals surface area contributed by atoms with Gasteiger partial charge in [0.25, 0.3) is 0 Å². The summed E-state index contributed by atoms with van der Waals surface area (Å²) >= 11 is -3.88. The molecule has 0 fully saturated rings. The molecule has 4 aromatic carbocycles. The number of benzene rings is 4. The standard InChI is InChI=1S/C20H21.C12H9Si.2ClH.Zr/c1-12-10-17-8-6-14(3)20(19(17)11-12)18-9-7-13(2)15(4)16(18)5;1-3-7-11-9(5-1)10-6-2-4-8-12(10)13-11;;;/h6-11H,1-5H3;1-7H,13H2;2*1H;/q;;;;+2/p-2. The molecule has 0 aromatic heterocycles. The van der Waals surface area contributed by atoms with Crippen molar-refractivity contribution in [3.63, 3.8) is 0 Å². The van der Waals surface area contributed by atoms with Crippen molar-refractivity contribution in [2.24, 2.45) is 0 Å². The maximum atomic E-state index is 7.69. The van der Waals surface area contributed by atoms with E-state index in [1.165, 1.54) is 74.9 Å². The Morgan fingerprint density at radius 2 is 1.42 bits per heavy atom. The summed E-state index contributed by atoms with van der Waals surface area (Å²) in [5, 5.41) is 3.00. The first-order chi connectivity index (χ1) is 17.2. The van der Waals surface area contributed by atoms with Gasteiger partial charge in [-0.2, -0.15) is 0 Å². The fourth-order valence-electron chi connectivity index (χ4n) is 6.40. The van der Waals surface area contributed by atoms with Crippen LogP contribution in [0.1, 0.15) is 43.9 Å². The molecule has 0 bridgehead atoms. The van der Waals surface area contributed by atoms with Crippen LogP contribution in [-0.4, -0.2) is 9.52 Å². The fraction of sp³-hybridized carbons (Fsp3) is 0.188. The average molecular weight is 605 g/mol. The molecule has 36 heavy (non-hydrogen) atoms. The SMILES string of the molecule is CC1=Cc2c(ccc(C)c2-c2ccc(C)c(C)c2C)[CH]1[Zr]([Cl])([Cl])[c]1cccc2c1[SiH2]c1ccccc1-2. The molecule has 0 saturated carbocycles. The average Bonchev–Trinajstić information content (AvgIpc) is 3.40. The molecule has 0 N–H and O–H groups in total. The number of hydrogen-bond donors (Lipinski definition) is 0. The van der Waals surface area contributed by atoms with Crippen molar-refractivity contribution in [2.45, 2.75) is 38.2 Å². The number of allylic oxidation sites excluding steroid dienone is 1. The van der Waals surface area contributed by atoms with E-state index < -0.39 is 27.4 Å². The van der Waals surface area contributed by atoms with Crippen LogP contribution in [0.15, 0.2) is 72.3 Å². The molecule has 0 saturated heterocycles. The molecule has 1 aliphatic carbocycles. The summed E-state index contributed by atoms with van der Waals surface area (Å²) in [6.07, 6.45) is 2.38. The second-order valence-electron chi connectivity index (χ2n) is 10.6. The van der Waals surface area contributed by atoms with Crippen LogP contribution in [-0.2, 0) is 17.9 Å². The van der Waals surface area contributed by atoms with Crippen LogP contribution < -0.4 is 13.6 Å². The Balaban J connectivity index is 1.51. The zero-order chi connectivity index (χ0) is 25.4. The van der Waals surface area contributed by atoms with Crippen LogP contribution in [0.2, 0.25) is 0 Å². The van der Waals surface area contributed by atoms with Crippen molar-refractivity contribution in [3.8, 4) is 22.3 Å². The molecule has 0 radical (unpaired) electrons. The Morgan fingerprint density at radius 3 is 2.22 bits per heavy atom. The van der Waals surface area contributed by atoms with E-state index in [1.54, 1.807) is 0 Å². The van der Waals surface area contributed by atoms with Crippen LogP contribution >= 0.6 is 17.0 Å². The first kappa shape index (κ1) is 24.6. The summed E-state index contributed by atoms with van der Waals surface area (Å²) in [6, 6.07) is 24.7. The van der Waals surface area contributed by atoms with Crippen LogP contribution in [0, 0.1) is 27.7 Å². The monoisotopic (exact) mass is 602 g/mol. The van der Waals surface area contributed by atoms with Gasteiger partial charge in [0.2, 0.25) is 0 Å². The molecule has 0 nitrogen and oxygen atoms in total. The van der Waals surface area contributed by atoms with Gasteiger partial charge in [-0.25, -0.2) is 0 Å². The third-order valence-electron chi connectivity index (χ3n) is 8.53. The molecule has 4 aromatic rings. The van der Waals surface area contributed by atoms with E-state index in [9.17, 15) is 0 Å². The Morgan fingerprint density at radius 1 is 0.694 bits per heavy atom. The number of rotatable bonds is 3. The number of hydrogen-bond acceptors (Lipinski definition) is 0. The Bertz CT molecular complexity index is 1600. The van der Waals surface area contributed by atoms with E-state index in [2.05, 4.69) is 107 Å². The molecule has 1 aliphatic heterocycles. The zero-order valence-corrected chi connectivity index (χ0v) is 26.9. The van der Waals surface area contributed by atoms with Gasteiger partial charge in [0.05, 0.1) is 0 Å². The third-order valence-corrected chi connectivity index (χ3v) is 23.1. The number of aryl methyl sites for hydroxylation is 2. The van der Waals surface area contributed by atoms with Gasteiger partial charge in [0, 0.05) is 0 Å². The topological polar surface area (TPSA) is 0 Å². The van der Waals surface area contributed by atoms with Crippen LogP contribution in [0.25, 0.3) is 28.3 Å². The van der Waals surface area contributed by atoms with Gasteiger partial charge in [0.1, 0.15) is 0 Å². The molecule has 180 valence electrons. The van der Waals surface area contributed by atoms with Gasteiger partial charge < -0.3 is 0 Å². The summed E-state index contributed by atoms with van der Waals surface area (Å²) in [5.74, 6) is 0. The predicted molar refractivity (Wildman–Crippen MR) is 158 cm³/mol. The molecule has 2 aliphatic rings. The van der Waals surface area contributed by atoms with E-state index in [0.29, 0.717) is 0 Å². The second kappa shape index (κ2) is 8.95. The van der Waals surface area contributed by atoms with Crippen molar-refractivity contribution in [2.75, 3.05) is 0 Å². The molecule has 6 rings (SSSR count). The molecule has 1 atom stereocenters. The number of halogens is 2. The van der Waals surface area contributed by atoms with E-state index in [0.717, 1.165) is 0 Å². The Labute approximate surface area is 228 Å². The molecular formula is C32H30Cl2SiZr. The number of fused-ring (bicyclic) bond motifs is 4. The van der Waals surface area contributed by atoms with Gasteiger partial charge >= 0.3 is 230 Å². The summed E-state index contributed by atoms with van der Waals surface area (Å²) in [5.41, 5.74) is 14.7. The first-order valence-electron chi connectivity index (χ1n) is 12.7. The fourth-order valence-corrected chi connectivity index (χ4v) is 23.5. The molecule has 0 spiro atoms. The quantitative estimate of drug-likeness (QED) is 0.196. The summed E-state index contributed by atoms with van der Waals surface area (Å²) in [6.45, 7) is 11.1. The van der Waals surface area contributed by atoms with Gasteiger partial charge in [-0.15, -0.1) is 0 Å². The van der Waals surface area contributed by atoms with Crippen LogP contribution in [0.4, 0.5) is 0 Å². The molecule has 1 unspecified atom stereocenters. The van der Waals surface area contributed by atoms with E-state index in [4.69, 9.17) is 17.0 Å². The minimum absolute atomic E-state index is 0.119. The normalized spacial score (nSPS) is 16.6. The van der Waals surface area contributed by atoms with Gasteiger partial charge in [-0.3, -0.25) is 0 Å². The van der Waals surface area contributed by atoms with E-state index in [1.807, 2.05) is 0 Å². The van der Waals surface area contributed by atoms with Gasteiger partial charge in [-0.1, -0.05) is 0 Å². The van der Waals surface area contributed by atoms with Crippen molar-refractivity contribution >= 4 is 46.3 Å². The van der Waals surface area contributed by atoms with Crippen LogP contribution in [0.3, 0.4) is 0 Å². The van der Waals surface area contributed by atoms with E-state index >= 15 is 0 Å². The first-order valence-corrected chi connectivity index (χ1v) is 23.1. The van der Waals surface area contributed by atoms with Gasteiger partial charge in [0.15, 0.2) is 0 Å². The third kappa shape index (κ3) is 3.64. The minimum atomic E-state index is -3.88. The second-order valence-corrected chi connectivity index (χ2v) is 26.4. The van der Waals surface area contributed by atoms with Gasteiger partial charge in [-0.05, 0) is 0 Å². The molecular weight excluding hydrogens is 575 g/mol. The zero-order valence-electron chi connectivity index (χ0n) is 21.5. The van der Waals surface area contributed by atoms with E-state index in [-0.39, 0.29) is 3.63 Å². The van der Waals surface area contributed by atoms with Crippen LogP contribution in [0.5, 0.6) is 0 Å². The van der Waals surface area contributed by atoms with Crippen molar-refractivity contribution in [1.29, 1.82) is 0 Å². The summed E-state index contributed by atoms with van der Waals surface area (Å²) < 4.78 is 1.41.